The Kier molecular flexibility index (Phi) is 5.54. The zero-order valence-electron chi connectivity index (χ0n) is 11.4. The summed E-state index contributed by atoms with van der Waals surface area (Å²) in [6.45, 7) is 8.80. The topological polar surface area (TPSA) is 93.8 Å². The van der Waals surface area contributed by atoms with Crippen molar-refractivity contribution in [2.45, 2.75) is 58.2 Å². The van der Waals surface area contributed by atoms with Crippen molar-refractivity contribution in [3.8, 4) is 0 Å². The van der Waals surface area contributed by atoms with Gasteiger partial charge < -0.3 is 20.3 Å². The number of methoxy groups -OCH3 is 1. The monoisotopic (exact) mass is 248 g/mol. The third kappa shape index (κ3) is 5.97. The SMILES string of the molecule is COC(=O)[C@@H](N)C(C)(C)NC(O)OC(C)(C)C. The van der Waals surface area contributed by atoms with Gasteiger partial charge in [0.05, 0.1) is 12.7 Å². The van der Waals surface area contributed by atoms with E-state index in [0.29, 0.717) is 0 Å². The molecule has 6 nitrogen and oxygen atoms in total. The van der Waals surface area contributed by atoms with E-state index in [1.807, 2.05) is 20.8 Å². The van der Waals surface area contributed by atoms with Gasteiger partial charge in [-0.2, -0.15) is 0 Å². The number of ether oxygens (including phenoxy) is 2. The van der Waals surface area contributed by atoms with Crippen LogP contribution in [-0.2, 0) is 14.3 Å². The van der Waals surface area contributed by atoms with Gasteiger partial charge in [0.15, 0.2) is 0 Å². The van der Waals surface area contributed by atoms with Crippen LogP contribution in [-0.4, -0.2) is 41.8 Å². The first-order chi connectivity index (χ1) is 7.49. The van der Waals surface area contributed by atoms with Crippen LogP contribution in [0.25, 0.3) is 0 Å². The van der Waals surface area contributed by atoms with Crippen LogP contribution in [0.4, 0.5) is 0 Å². The minimum Gasteiger partial charge on any atom is -0.468 e. The van der Waals surface area contributed by atoms with Crippen LogP contribution in [0.3, 0.4) is 0 Å². The molecule has 1 unspecified atom stereocenters. The third-order valence-corrected chi connectivity index (χ3v) is 2.19. The van der Waals surface area contributed by atoms with Gasteiger partial charge in [0.1, 0.15) is 6.04 Å². The molecule has 0 aromatic carbocycles. The Morgan fingerprint density at radius 1 is 1.29 bits per heavy atom. The minimum absolute atomic E-state index is 0.502. The van der Waals surface area contributed by atoms with E-state index in [1.54, 1.807) is 13.8 Å². The van der Waals surface area contributed by atoms with Gasteiger partial charge in [-0.3, -0.25) is 10.1 Å². The first kappa shape index (κ1) is 16.3. The Balaban J connectivity index is 4.48. The highest BCUT2D eigenvalue weighted by molar-refractivity contribution is 5.77. The zero-order chi connectivity index (χ0) is 13.9. The molecule has 0 saturated carbocycles. The molecule has 0 heterocycles. The lowest BCUT2D eigenvalue weighted by atomic mass is 9.95. The smallest absolute Gasteiger partial charge is 0.324 e. The molecule has 0 aromatic rings. The number of esters is 1. The summed E-state index contributed by atoms with van der Waals surface area (Å²) in [5, 5.41) is 12.4. The quantitative estimate of drug-likeness (QED) is 0.466. The number of nitrogens with two attached hydrogens (primary N) is 1. The van der Waals surface area contributed by atoms with Gasteiger partial charge in [0, 0.05) is 5.54 Å². The Morgan fingerprint density at radius 2 is 1.76 bits per heavy atom. The van der Waals surface area contributed by atoms with Crippen molar-refractivity contribution < 1.29 is 19.4 Å². The molecule has 0 aliphatic carbocycles. The fourth-order valence-electron chi connectivity index (χ4n) is 1.19. The van der Waals surface area contributed by atoms with E-state index in [2.05, 4.69) is 10.1 Å². The van der Waals surface area contributed by atoms with E-state index in [1.165, 1.54) is 7.11 Å². The van der Waals surface area contributed by atoms with E-state index in [9.17, 15) is 9.90 Å². The lowest BCUT2D eigenvalue weighted by molar-refractivity contribution is -0.192. The standard InChI is InChI=1S/C11H24N2O4/c1-10(2,3)17-9(15)13-11(4,5)7(12)8(14)16-6/h7,9,13,15H,12H2,1-6H3/t7-,9?/m1/s1. The summed E-state index contributed by atoms with van der Waals surface area (Å²) in [5.74, 6) is -0.551. The molecule has 2 atom stereocenters. The summed E-state index contributed by atoms with van der Waals surface area (Å²) in [6.07, 6.45) is -1.21. The van der Waals surface area contributed by atoms with Crippen molar-refractivity contribution in [1.82, 2.24) is 5.32 Å². The number of nitrogens with one attached hydrogen (secondary N) is 1. The lowest BCUT2D eigenvalue weighted by Gasteiger charge is -2.35. The second-order valence-corrected chi connectivity index (χ2v) is 5.45. The Labute approximate surface area is 102 Å². The van der Waals surface area contributed by atoms with Crippen LogP contribution in [0.1, 0.15) is 34.6 Å². The molecular weight excluding hydrogens is 224 g/mol. The molecule has 0 radical (unpaired) electrons. The molecule has 0 fully saturated rings. The Bertz CT molecular complexity index is 261. The van der Waals surface area contributed by atoms with Crippen molar-refractivity contribution in [1.29, 1.82) is 0 Å². The van der Waals surface area contributed by atoms with E-state index < -0.39 is 29.6 Å². The lowest BCUT2D eigenvalue weighted by Crippen LogP contribution is -2.61. The predicted molar refractivity (Wildman–Crippen MR) is 64.1 cm³/mol. The van der Waals surface area contributed by atoms with Gasteiger partial charge in [-0.05, 0) is 34.6 Å². The van der Waals surface area contributed by atoms with Gasteiger partial charge in [0.25, 0.3) is 0 Å². The second kappa shape index (κ2) is 5.77. The third-order valence-electron chi connectivity index (χ3n) is 2.19. The molecule has 0 amide bonds. The number of carbonyl (C=O) groups excluding carboxylic acids is 1. The first-order valence-corrected chi connectivity index (χ1v) is 5.46. The van der Waals surface area contributed by atoms with Crippen molar-refractivity contribution in [3.63, 3.8) is 0 Å². The van der Waals surface area contributed by atoms with Crippen LogP contribution in [0, 0.1) is 0 Å². The number of hydrogen-bond donors (Lipinski definition) is 3. The molecule has 17 heavy (non-hydrogen) atoms. The van der Waals surface area contributed by atoms with Crippen LogP contribution in [0.2, 0.25) is 0 Å². The fourth-order valence-corrected chi connectivity index (χ4v) is 1.19. The Morgan fingerprint density at radius 3 is 2.12 bits per heavy atom. The summed E-state index contributed by atoms with van der Waals surface area (Å²) >= 11 is 0. The second-order valence-electron chi connectivity index (χ2n) is 5.45. The summed E-state index contributed by atoms with van der Waals surface area (Å²) in [6, 6.07) is -0.897. The molecule has 0 aliphatic heterocycles. The zero-order valence-corrected chi connectivity index (χ0v) is 11.4. The maximum absolute atomic E-state index is 11.3. The maximum atomic E-state index is 11.3. The average molecular weight is 248 g/mol. The highest BCUT2D eigenvalue weighted by Crippen LogP contribution is 2.13. The number of aliphatic hydroxyl groups excluding tert-OH is 1. The summed E-state index contributed by atoms with van der Waals surface area (Å²) < 4.78 is 9.83. The van der Waals surface area contributed by atoms with Crippen molar-refractivity contribution in [2.75, 3.05) is 7.11 Å². The fraction of sp³-hybridized carbons (Fsp3) is 0.909. The van der Waals surface area contributed by atoms with Crippen molar-refractivity contribution >= 4 is 5.97 Å². The molecule has 0 saturated heterocycles. The highest BCUT2D eigenvalue weighted by Gasteiger charge is 2.35. The molecule has 102 valence electrons. The van der Waals surface area contributed by atoms with Crippen molar-refractivity contribution in [2.24, 2.45) is 5.73 Å². The summed E-state index contributed by atoms with van der Waals surface area (Å²) in [7, 11) is 1.26. The molecule has 0 aliphatic rings. The number of rotatable bonds is 5. The van der Waals surface area contributed by atoms with Crippen LogP contribution < -0.4 is 11.1 Å². The largest absolute Gasteiger partial charge is 0.468 e. The molecule has 6 heteroatoms. The number of hydrogen-bond acceptors (Lipinski definition) is 6. The Hall–Kier alpha value is -0.690. The van der Waals surface area contributed by atoms with Gasteiger partial charge in [-0.25, -0.2) is 0 Å². The molecule has 4 N–H and O–H groups in total. The minimum atomic E-state index is -1.21. The maximum Gasteiger partial charge on any atom is 0.324 e. The molecule has 0 aromatic heterocycles. The van der Waals surface area contributed by atoms with E-state index in [-0.39, 0.29) is 0 Å². The van der Waals surface area contributed by atoms with Gasteiger partial charge in [0.2, 0.25) is 6.41 Å². The molecule has 0 spiro atoms. The van der Waals surface area contributed by atoms with E-state index >= 15 is 0 Å². The van der Waals surface area contributed by atoms with Crippen LogP contribution in [0.15, 0.2) is 0 Å². The normalized spacial score (nSPS) is 16.5. The predicted octanol–water partition coefficient (Wildman–Crippen LogP) is -0.0541. The van der Waals surface area contributed by atoms with E-state index in [4.69, 9.17) is 10.5 Å². The average Bonchev–Trinajstić information content (AvgIpc) is 2.11. The molecule has 0 rings (SSSR count). The van der Waals surface area contributed by atoms with Crippen LogP contribution >= 0.6 is 0 Å². The van der Waals surface area contributed by atoms with Gasteiger partial charge >= 0.3 is 5.97 Å². The van der Waals surface area contributed by atoms with Crippen molar-refractivity contribution in [3.05, 3.63) is 0 Å². The summed E-state index contributed by atoms with van der Waals surface area (Å²) in [4.78, 5) is 11.3. The summed E-state index contributed by atoms with van der Waals surface area (Å²) in [5.41, 5.74) is 4.36. The number of aliphatic hydroxyl groups is 1. The van der Waals surface area contributed by atoms with Crippen LogP contribution in [0.5, 0.6) is 0 Å². The van der Waals surface area contributed by atoms with Gasteiger partial charge in [-0.1, -0.05) is 0 Å². The van der Waals surface area contributed by atoms with Gasteiger partial charge in [-0.15, -0.1) is 0 Å². The van der Waals surface area contributed by atoms with E-state index in [0.717, 1.165) is 0 Å². The highest BCUT2D eigenvalue weighted by atomic mass is 16.6. The molecular formula is C11H24N2O4. The number of carbonyl (C=O) groups is 1. The first-order valence-electron chi connectivity index (χ1n) is 5.46. The molecule has 0 bridgehead atoms.